The molecule has 0 aliphatic rings. The van der Waals surface area contributed by atoms with Gasteiger partial charge in [-0.25, -0.2) is 0 Å². The molecule has 0 bridgehead atoms. The Morgan fingerprint density at radius 1 is 1.37 bits per heavy atom. The molecule has 1 aromatic rings. The number of hydrogen-bond donors (Lipinski definition) is 2. The third kappa shape index (κ3) is 4.91. The average molecular weight is 264 g/mol. The minimum Gasteiger partial charge on any atom is -0.385 e. The van der Waals surface area contributed by atoms with E-state index in [0.29, 0.717) is 18.7 Å². The lowest BCUT2D eigenvalue weighted by molar-refractivity contribution is 0.0695. The monoisotopic (exact) mass is 264 g/mol. The number of anilines is 1. The Hall–Kier alpha value is -1.55. The Morgan fingerprint density at radius 2 is 2.11 bits per heavy atom. The van der Waals surface area contributed by atoms with Gasteiger partial charge in [-0.3, -0.25) is 4.79 Å². The summed E-state index contributed by atoms with van der Waals surface area (Å²) < 4.78 is 5.38. The predicted molar refractivity (Wildman–Crippen MR) is 78.8 cm³/mol. The van der Waals surface area contributed by atoms with E-state index in [-0.39, 0.29) is 12.0 Å². The number of amides is 1. The van der Waals surface area contributed by atoms with Crippen LogP contribution in [0.25, 0.3) is 0 Å². The molecule has 0 radical (unpaired) electrons. The molecule has 0 spiro atoms. The highest BCUT2D eigenvalue weighted by Crippen LogP contribution is 2.16. The third-order valence-electron chi connectivity index (χ3n) is 2.86. The van der Waals surface area contributed by atoms with E-state index in [9.17, 15) is 4.79 Å². The van der Waals surface area contributed by atoms with Crippen molar-refractivity contribution in [1.29, 1.82) is 0 Å². The van der Waals surface area contributed by atoms with Crippen molar-refractivity contribution in [1.82, 2.24) is 5.32 Å². The molecule has 0 heterocycles. The summed E-state index contributed by atoms with van der Waals surface area (Å²) in [5.74, 6) is -0.0577. The van der Waals surface area contributed by atoms with Gasteiger partial charge >= 0.3 is 0 Å². The van der Waals surface area contributed by atoms with Crippen LogP contribution in [0.4, 0.5) is 5.69 Å². The Kier molecular flexibility index (Phi) is 6.36. The zero-order chi connectivity index (χ0) is 14.3. The first kappa shape index (κ1) is 15.5. The number of rotatable bonds is 7. The maximum atomic E-state index is 12.0. The minimum absolute atomic E-state index is 0.0380. The number of nitrogens with one attached hydrogen (secondary N) is 2. The molecular formula is C15H24N2O2. The van der Waals surface area contributed by atoms with Gasteiger partial charge < -0.3 is 15.4 Å². The quantitative estimate of drug-likeness (QED) is 0.796. The van der Waals surface area contributed by atoms with Crippen molar-refractivity contribution in [2.45, 2.75) is 33.8 Å². The number of ether oxygens (including phenoxy) is 1. The second kappa shape index (κ2) is 7.79. The molecule has 106 valence electrons. The zero-order valence-corrected chi connectivity index (χ0v) is 12.2. The van der Waals surface area contributed by atoms with E-state index in [1.807, 2.05) is 39.0 Å². The summed E-state index contributed by atoms with van der Waals surface area (Å²) in [5.41, 5.74) is 2.83. The first-order valence-electron chi connectivity index (χ1n) is 6.82. The maximum absolute atomic E-state index is 12.0. The molecule has 4 nitrogen and oxygen atoms in total. The van der Waals surface area contributed by atoms with Crippen LogP contribution in [-0.4, -0.2) is 31.7 Å². The van der Waals surface area contributed by atoms with Crippen LogP contribution >= 0.6 is 0 Å². The van der Waals surface area contributed by atoms with Gasteiger partial charge in [0.1, 0.15) is 0 Å². The van der Waals surface area contributed by atoms with Gasteiger partial charge in [0, 0.05) is 30.9 Å². The van der Waals surface area contributed by atoms with E-state index in [4.69, 9.17) is 4.74 Å². The highest BCUT2D eigenvalue weighted by molar-refractivity contribution is 5.94. The van der Waals surface area contributed by atoms with Gasteiger partial charge in [0.05, 0.1) is 6.10 Å². The normalized spacial score (nSPS) is 12.0. The number of aryl methyl sites for hydroxylation is 1. The van der Waals surface area contributed by atoms with E-state index in [1.165, 1.54) is 0 Å². The fourth-order valence-electron chi connectivity index (χ4n) is 1.88. The zero-order valence-electron chi connectivity index (χ0n) is 12.2. The smallest absolute Gasteiger partial charge is 0.251 e. The van der Waals surface area contributed by atoms with E-state index in [0.717, 1.165) is 17.8 Å². The Labute approximate surface area is 115 Å². The molecule has 2 N–H and O–H groups in total. The van der Waals surface area contributed by atoms with Crippen LogP contribution in [0.15, 0.2) is 18.2 Å². The van der Waals surface area contributed by atoms with E-state index < -0.39 is 0 Å². The van der Waals surface area contributed by atoms with Gasteiger partial charge in [0.15, 0.2) is 0 Å². The van der Waals surface area contributed by atoms with Crippen molar-refractivity contribution in [3.8, 4) is 0 Å². The summed E-state index contributed by atoms with van der Waals surface area (Å²) in [7, 11) is 0. The number of benzene rings is 1. The molecule has 0 aliphatic heterocycles. The van der Waals surface area contributed by atoms with Gasteiger partial charge in [-0.15, -0.1) is 0 Å². The summed E-state index contributed by atoms with van der Waals surface area (Å²) in [6, 6.07) is 5.68. The van der Waals surface area contributed by atoms with Crippen molar-refractivity contribution in [3.63, 3.8) is 0 Å². The largest absolute Gasteiger partial charge is 0.385 e. The molecule has 0 aromatic heterocycles. The summed E-state index contributed by atoms with van der Waals surface area (Å²) in [4.78, 5) is 12.0. The Bertz CT molecular complexity index is 419. The molecule has 0 saturated carbocycles. The molecule has 0 saturated heterocycles. The summed E-state index contributed by atoms with van der Waals surface area (Å²) in [6.45, 7) is 10.0. The van der Waals surface area contributed by atoms with Crippen LogP contribution in [0.1, 0.15) is 36.7 Å². The number of hydrogen-bond acceptors (Lipinski definition) is 3. The van der Waals surface area contributed by atoms with Crippen LogP contribution in [0, 0.1) is 6.92 Å². The third-order valence-corrected chi connectivity index (χ3v) is 2.86. The fraction of sp³-hybridized carbons (Fsp3) is 0.533. The molecule has 19 heavy (non-hydrogen) atoms. The van der Waals surface area contributed by atoms with E-state index >= 15 is 0 Å². The van der Waals surface area contributed by atoms with Gasteiger partial charge in [-0.1, -0.05) is 0 Å². The lowest BCUT2D eigenvalue weighted by Crippen LogP contribution is -2.32. The second-order valence-corrected chi connectivity index (χ2v) is 4.54. The van der Waals surface area contributed by atoms with Crippen LogP contribution in [0.2, 0.25) is 0 Å². The highest BCUT2D eigenvalue weighted by atomic mass is 16.5. The first-order chi connectivity index (χ1) is 9.08. The van der Waals surface area contributed by atoms with Gasteiger partial charge in [-0.05, 0) is 51.5 Å². The van der Waals surface area contributed by atoms with Gasteiger partial charge in [0.25, 0.3) is 5.91 Å². The molecule has 1 unspecified atom stereocenters. The molecule has 1 rings (SSSR count). The van der Waals surface area contributed by atoms with E-state index in [1.54, 1.807) is 0 Å². The van der Waals surface area contributed by atoms with Crippen LogP contribution in [0.5, 0.6) is 0 Å². The second-order valence-electron chi connectivity index (χ2n) is 4.54. The molecule has 4 heteroatoms. The Morgan fingerprint density at radius 3 is 2.68 bits per heavy atom. The summed E-state index contributed by atoms with van der Waals surface area (Å²) >= 11 is 0. The van der Waals surface area contributed by atoms with Crippen LogP contribution < -0.4 is 10.6 Å². The maximum Gasteiger partial charge on any atom is 0.251 e. The van der Waals surface area contributed by atoms with Crippen molar-refractivity contribution in [3.05, 3.63) is 29.3 Å². The average Bonchev–Trinajstić information content (AvgIpc) is 2.39. The van der Waals surface area contributed by atoms with Crippen LogP contribution in [0.3, 0.4) is 0 Å². The highest BCUT2D eigenvalue weighted by Gasteiger charge is 2.09. The SMILES string of the molecule is CCNc1ccc(C(=O)NCC(C)OCC)cc1C. The van der Waals surface area contributed by atoms with E-state index in [2.05, 4.69) is 17.6 Å². The summed E-state index contributed by atoms with van der Waals surface area (Å²) in [6.07, 6.45) is 0.0380. The van der Waals surface area contributed by atoms with Gasteiger partial charge in [0.2, 0.25) is 0 Å². The summed E-state index contributed by atoms with van der Waals surface area (Å²) in [5, 5.41) is 6.14. The fourth-order valence-corrected chi connectivity index (χ4v) is 1.88. The molecule has 1 aromatic carbocycles. The van der Waals surface area contributed by atoms with Crippen molar-refractivity contribution in [2.24, 2.45) is 0 Å². The standard InChI is InChI=1S/C15H24N2O2/c1-5-16-14-8-7-13(9-11(14)3)15(18)17-10-12(4)19-6-2/h7-9,12,16H,5-6,10H2,1-4H3,(H,17,18). The van der Waals surface area contributed by atoms with Crippen molar-refractivity contribution >= 4 is 11.6 Å². The molecule has 1 atom stereocenters. The van der Waals surface area contributed by atoms with Crippen molar-refractivity contribution in [2.75, 3.05) is 25.0 Å². The first-order valence-corrected chi connectivity index (χ1v) is 6.82. The van der Waals surface area contributed by atoms with Gasteiger partial charge in [-0.2, -0.15) is 0 Å². The topological polar surface area (TPSA) is 50.4 Å². The van der Waals surface area contributed by atoms with Crippen molar-refractivity contribution < 1.29 is 9.53 Å². The molecule has 0 fully saturated rings. The molecule has 1 amide bonds. The predicted octanol–water partition coefficient (Wildman–Crippen LogP) is 2.58. The minimum atomic E-state index is -0.0577. The number of carbonyl (C=O) groups excluding carboxylic acids is 1. The van der Waals surface area contributed by atoms with Crippen LogP contribution in [-0.2, 0) is 4.74 Å². The number of carbonyl (C=O) groups is 1. The molecule has 0 aliphatic carbocycles. The molecular weight excluding hydrogens is 240 g/mol. The lowest BCUT2D eigenvalue weighted by Gasteiger charge is -2.13. The lowest BCUT2D eigenvalue weighted by atomic mass is 10.1. The Balaban J connectivity index is 2.60.